The maximum Gasteiger partial charge on any atom is 0.0594 e. The maximum atomic E-state index is 5.10. The van der Waals surface area contributed by atoms with Crippen LogP contribution < -0.4 is 0 Å². The molecule has 0 bridgehead atoms. The molecule has 0 saturated carbocycles. The largest absolute Gasteiger partial charge is 0.379 e. The van der Waals surface area contributed by atoms with Crippen molar-refractivity contribution in [3.05, 3.63) is 0 Å². The normalized spacial score (nSPS) is 15.0. The molecule has 1 heterocycles. The first-order valence-electron chi connectivity index (χ1n) is 6.39. The first-order chi connectivity index (χ1) is 7.13. The third-order valence-corrected chi connectivity index (χ3v) is 1.23. The van der Waals surface area contributed by atoms with Crippen molar-refractivity contribution in [3.8, 4) is 0 Å². The quantitative estimate of drug-likeness (QED) is 0.616. The molecule has 0 amide bonds. The van der Waals surface area contributed by atoms with E-state index in [0.717, 1.165) is 32.2 Å². The number of nitrogens with zero attached hydrogens (tertiary/aromatic N) is 1. The summed E-state index contributed by atoms with van der Waals surface area (Å²) in [5, 5.41) is 0. The zero-order valence-electron chi connectivity index (χ0n) is 12.3. The molecular weight excluding hydrogens is 186 g/mol. The van der Waals surface area contributed by atoms with E-state index in [1.165, 1.54) is 0 Å². The lowest BCUT2D eigenvalue weighted by Crippen LogP contribution is -2.32. The Bertz CT molecular complexity index is 75.9. The molecule has 0 atom stereocenters. The minimum absolute atomic E-state index is 0.833. The van der Waals surface area contributed by atoms with Gasteiger partial charge >= 0.3 is 0 Å². The molecule has 1 fully saturated rings. The van der Waals surface area contributed by atoms with Crippen LogP contribution in [0.2, 0.25) is 0 Å². The van der Waals surface area contributed by atoms with Crippen molar-refractivity contribution in [1.29, 1.82) is 0 Å². The molecule has 1 saturated heterocycles. The molecule has 0 radical (unpaired) electrons. The first-order valence-corrected chi connectivity index (χ1v) is 6.39. The minimum atomic E-state index is 0.833. The Kier molecular flexibility index (Phi) is 26.4. The monoisotopic (exact) mass is 219 g/mol. The summed E-state index contributed by atoms with van der Waals surface area (Å²) in [6, 6.07) is 0. The number of hydrogen-bond acceptors (Lipinski definition) is 2. The van der Waals surface area contributed by atoms with Crippen molar-refractivity contribution in [2.24, 2.45) is 5.92 Å². The van der Waals surface area contributed by atoms with Gasteiger partial charge in [-0.25, -0.2) is 0 Å². The highest BCUT2D eigenvalue weighted by atomic mass is 16.5. The Balaban J connectivity index is -0.000000156. The van der Waals surface area contributed by atoms with Gasteiger partial charge in [0.1, 0.15) is 0 Å². The van der Waals surface area contributed by atoms with E-state index in [-0.39, 0.29) is 0 Å². The van der Waals surface area contributed by atoms with Gasteiger partial charge in [-0.15, -0.1) is 0 Å². The highest BCUT2D eigenvalue weighted by Gasteiger charge is 2.02. The van der Waals surface area contributed by atoms with E-state index in [0.29, 0.717) is 0 Å². The number of ether oxygens (including phenoxy) is 1. The highest BCUT2D eigenvalue weighted by molar-refractivity contribution is 4.53. The van der Waals surface area contributed by atoms with Crippen LogP contribution in [0.1, 0.15) is 48.5 Å². The SMILES string of the molecule is CC.CC.CC(C)C.CN1CCOCC1. The molecule has 1 aliphatic rings. The average Bonchev–Trinajstić information content (AvgIpc) is 2.24. The van der Waals surface area contributed by atoms with Gasteiger partial charge in [0.05, 0.1) is 13.2 Å². The summed E-state index contributed by atoms with van der Waals surface area (Å²) in [6.45, 7) is 18.5. The molecule has 0 spiro atoms. The molecular formula is C13H33NO. The Morgan fingerprint density at radius 2 is 1.13 bits per heavy atom. The molecule has 0 aliphatic carbocycles. The van der Waals surface area contributed by atoms with Gasteiger partial charge in [0.15, 0.2) is 0 Å². The summed E-state index contributed by atoms with van der Waals surface area (Å²) in [5.41, 5.74) is 0. The topological polar surface area (TPSA) is 12.5 Å². The fourth-order valence-electron chi connectivity index (χ4n) is 0.655. The molecule has 2 nitrogen and oxygen atoms in total. The molecule has 96 valence electrons. The van der Waals surface area contributed by atoms with Gasteiger partial charge in [-0.1, -0.05) is 48.5 Å². The first kappa shape index (κ1) is 20.3. The Hall–Kier alpha value is -0.0800. The van der Waals surface area contributed by atoms with Crippen molar-refractivity contribution in [2.75, 3.05) is 33.4 Å². The van der Waals surface area contributed by atoms with Gasteiger partial charge in [-0.05, 0) is 13.0 Å². The van der Waals surface area contributed by atoms with Crippen LogP contribution in [0, 0.1) is 5.92 Å². The third-order valence-electron chi connectivity index (χ3n) is 1.23. The minimum Gasteiger partial charge on any atom is -0.379 e. The second-order valence-electron chi connectivity index (χ2n) is 3.65. The van der Waals surface area contributed by atoms with Crippen LogP contribution in [0.3, 0.4) is 0 Å². The van der Waals surface area contributed by atoms with Crippen molar-refractivity contribution in [1.82, 2.24) is 4.90 Å². The van der Waals surface area contributed by atoms with Crippen molar-refractivity contribution >= 4 is 0 Å². The van der Waals surface area contributed by atoms with Crippen molar-refractivity contribution in [3.63, 3.8) is 0 Å². The van der Waals surface area contributed by atoms with Gasteiger partial charge < -0.3 is 9.64 Å². The van der Waals surface area contributed by atoms with E-state index in [9.17, 15) is 0 Å². The second-order valence-corrected chi connectivity index (χ2v) is 3.65. The molecule has 0 aromatic rings. The van der Waals surface area contributed by atoms with Crippen LogP contribution in [0.4, 0.5) is 0 Å². The van der Waals surface area contributed by atoms with Crippen LogP contribution in [0.5, 0.6) is 0 Å². The Morgan fingerprint density at radius 1 is 0.867 bits per heavy atom. The van der Waals surface area contributed by atoms with Crippen LogP contribution in [0.15, 0.2) is 0 Å². The predicted octanol–water partition coefficient (Wildman–Crippen LogP) is 3.66. The summed E-state index contributed by atoms with van der Waals surface area (Å²) < 4.78 is 5.10. The van der Waals surface area contributed by atoms with E-state index < -0.39 is 0 Å². The molecule has 0 N–H and O–H groups in total. The summed E-state index contributed by atoms with van der Waals surface area (Å²) in [4.78, 5) is 2.27. The lowest BCUT2D eigenvalue weighted by molar-refractivity contribution is 0.0503. The predicted molar refractivity (Wildman–Crippen MR) is 71.5 cm³/mol. The van der Waals surface area contributed by atoms with E-state index in [4.69, 9.17) is 4.74 Å². The molecule has 0 aromatic heterocycles. The van der Waals surface area contributed by atoms with Crippen molar-refractivity contribution < 1.29 is 4.74 Å². The van der Waals surface area contributed by atoms with Crippen LogP contribution >= 0.6 is 0 Å². The number of rotatable bonds is 0. The average molecular weight is 219 g/mol. The van der Waals surface area contributed by atoms with Gasteiger partial charge in [-0.3, -0.25) is 0 Å². The fraction of sp³-hybridized carbons (Fsp3) is 1.00. The number of hydrogen-bond donors (Lipinski definition) is 0. The van der Waals surface area contributed by atoms with Gasteiger partial charge in [0.2, 0.25) is 0 Å². The Morgan fingerprint density at radius 3 is 1.27 bits per heavy atom. The van der Waals surface area contributed by atoms with Gasteiger partial charge in [-0.2, -0.15) is 0 Å². The van der Waals surface area contributed by atoms with E-state index in [1.807, 2.05) is 27.7 Å². The van der Waals surface area contributed by atoms with Crippen LogP contribution in [0.25, 0.3) is 0 Å². The van der Waals surface area contributed by atoms with Crippen LogP contribution in [-0.4, -0.2) is 38.3 Å². The lowest BCUT2D eigenvalue weighted by atomic mass is 10.3. The summed E-state index contributed by atoms with van der Waals surface area (Å²) in [7, 11) is 2.11. The van der Waals surface area contributed by atoms with Gasteiger partial charge in [0, 0.05) is 13.1 Å². The lowest BCUT2D eigenvalue weighted by Gasteiger charge is -2.21. The zero-order valence-corrected chi connectivity index (χ0v) is 12.3. The van der Waals surface area contributed by atoms with E-state index in [1.54, 1.807) is 0 Å². The summed E-state index contributed by atoms with van der Waals surface area (Å²) in [5.74, 6) is 0.833. The Labute approximate surface area is 98.0 Å². The smallest absolute Gasteiger partial charge is 0.0594 e. The second kappa shape index (κ2) is 19.5. The molecule has 15 heavy (non-hydrogen) atoms. The van der Waals surface area contributed by atoms with Crippen LogP contribution in [-0.2, 0) is 4.74 Å². The summed E-state index contributed by atoms with van der Waals surface area (Å²) >= 11 is 0. The van der Waals surface area contributed by atoms with Gasteiger partial charge in [0.25, 0.3) is 0 Å². The zero-order chi connectivity index (χ0) is 12.7. The number of morpholine rings is 1. The van der Waals surface area contributed by atoms with E-state index in [2.05, 4.69) is 32.7 Å². The standard InChI is InChI=1S/C5H11NO.C4H10.2C2H6/c1-6-2-4-7-5-3-6;1-4(2)3;2*1-2/h2-5H2,1H3;4H,1-3H3;2*1-2H3. The molecule has 1 rings (SSSR count). The summed E-state index contributed by atoms with van der Waals surface area (Å²) in [6.07, 6.45) is 0. The highest BCUT2D eigenvalue weighted by Crippen LogP contribution is 1.89. The molecule has 1 aliphatic heterocycles. The van der Waals surface area contributed by atoms with E-state index >= 15 is 0 Å². The van der Waals surface area contributed by atoms with Crippen molar-refractivity contribution in [2.45, 2.75) is 48.5 Å². The molecule has 0 aromatic carbocycles. The number of likely N-dealkylation sites (N-methyl/N-ethyl adjacent to an activating group) is 1. The molecule has 2 heteroatoms. The maximum absolute atomic E-state index is 5.10. The fourth-order valence-corrected chi connectivity index (χ4v) is 0.655. The third kappa shape index (κ3) is 31.5. The molecule has 0 unspecified atom stereocenters.